The van der Waals surface area contributed by atoms with Crippen LogP contribution < -0.4 is 10.3 Å². The fourth-order valence-electron chi connectivity index (χ4n) is 3.27. The number of hydrogen-bond donors (Lipinski definition) is 1. The maximum atomic E-state index is 12.6. The fourth-order valence-corrected chi connectivity index (χ4v) is 3.75. The normalized spacial score (nSPS) is 11.5. The summed E-state index contributed by atoms with van der Waals surface area (Å²) in [4.78, 5) is 19.6. The van der Waals surface area contributed by atoms with Gasteiger partial charge in [-0.1, -0.05) is 0 Å². The number of nitrogens with zero attached hydrogens (tertiary/aromatic N) is 2. The molecule has 6 heteroatoms. The zero-order valence-electron chi connectivity index (χ0n) is 14.4. The average molecular weight is 413 g/mol. The molecule has 0 bridgehead atoms. The summed E-state index contributed by atoms with van der Waals surface area (Å²) in [6.45, 7) is 5.98. The lowest BCUT2D eigenvalue weighted by molar-refractivity contribution is 0.476. The van der Waals surface area contributed by atoms with E-state index < -0.39 is 0 Å². The Morgan fingerprint density at radius 3 is 2.62 bits per heavy atom. The Bertz CT molecular complexity index is 1170. The van der Waals surface area contributed by atoms with E-state index in [0.717, 1.165) is 18.8 Å². The summed E-state index contributed by atoms with van der Waals surface area (Å²) in [6, 6.07) is 10.5. The number of phenols is 1. The third-order valence-electron chi connectivity index (χ3n) is 4.63. The lowest BCUT2D eigenvalue weighted by Gasteiger charge is -2.21. The lowest BCUT2D eigenvalue weighted by atomic mass is 10.0. The van der Waals surface area contributed by atoms with Gasteiger partial charge in [0.1, 0.15) is 21.4 Å². The van der Waals surface area contributed by atoms with Crippen LogP contribution >= 0.6 is 15.9 Å². The van der Waals surface area contributed by atoms with Crippen molar-refractivity contribution in [3.05, 3.63) is 51.1 Å². The van der Waals surface area contributed by atoms with Gasteiger partial charge in [-0.05, 0) is 60.1 Å². The van der Waals surface area contributed by atoms with E-state index in [4.69, 9.17) is 9.40 Å². The van der Waals surface area contributed by atoms with E-state index in [1.165, 1.54) is 6.07 Å². The van der Waals surface area contributed by atoms with Gasteiger partial charge in [-0.2, -0.15) is 0 Å². The van der Waals surface area contributed by atoms with Crippen molar-refractivity contribution in [2.45, 2.75) is 13.8 Å². The van der Waals surface area contributed by atoms with Crippen molar-refractivity contribution in [2.75, 3.05) is 18.0 Å². The van der Waals surface area contributed by atoms with Crippen LogP contribution in [0.15, 0.2) is 50.1 Å². The van der Waals surface area contributed by atoms with Gasteiger partial charge >= 0.3 is 0 Å². The van der Waals surface area contributed by atoms with Gasteiger partial charge < -0.3 is 14.4 Å². The molecule has 0 amide bonds. The molecule has 0 unspecified atom stereocenters. The Labute approximate surface area is 158 Å². The number of aromatic hydroxyl groups is 1. The molecule has 1 aliphatic carbocycles. The van der Waals surface area contributed by atoms with Crippen LogP contribution in [0.4, 0.5) is 5.69 Å². The maximum absolute atomic E-state index is 12.6. The zero-order chi connectivity index (χ0) is 18.4. The molecule has 0 spiro atoms. The molecular formula is C20H17BrN2O3. The first-order chi connectivity index (χ1) is 12.5. The SMILES string of the molecule is CCN(CC)c1ccc2nc3c4cc(O)ccc4c(=O)c(Br)c-3oc2c1. The second-order valence-electron chi connectivity index (χ2n) is 6.09. The topological polar surface area (TPSA) is 66.6 Å². The smallest absolute Gasteiger partial charge is 0.204 e. The van der Waals surface area contributed by atoms with E-state index in [0.29, 0.717) is 37.8 Å². The molecule has 1 N–H and O–H groups in total. The summed E-state index contributed by atoms with van der Waals surface area (Å²) >= 11 is 3.36. The largest absolute Gasteiger partial charge is 0.508 e. The zero-order valence-corrected chi connectivity index (χ0v) is 16.0. The maximum Gasteiger partial charge on any atom is 0.204 e. The predicted octanol–water partition coefficient (Wildman–Crippen LogP) is 4.76. The number of phenolic OH excluding ortho intramolecular Hbond substituents is 1. The number of anilines is 1. The molecule has 1 heterocycles. The molecular weight excluding hydrogens is 396 g/mol. The van der Waals surface area contributed by atoms with Gasteiger partial charge in [-0.15, -0.1) is 0 Å². The molecule has 0 fully saturated rings. The van der Waals surface area contributed by atoms with Crippen molar-refractivity contribution < 1.29 is 9.52 Å². The quantitative estimate of drug-likeness (QED) is 0.388. The van der Waals surface area contributed by atoms with E-state index >= 15 is 0 Å². The average Bonchev–Trinajstić information content (AvgIpc) is 2.66. The van der Waals surface area contributed by atoms with Crippen molar-refractivity contribution in [2.24, 2.45) is 0 Å². The minimum Gasteiger partial charge on any atom is -0.508 e. The summed E-state index contributed by atoms with van der Waals surface area (Å²) in [5.41, 5.74) is 2.72. The standard InChI is InChI=1S/C20H17BrN2O3/c1-3-23(4-2)11-5-8-15-16(9-11)26-20-17(21)19(25)13-7-6-12(24)10-14(13)18(20)22-15/h5-10,24H,3-4H2,1-2H3. The van der Waals surface area contributed by atoms with Crippen LogP contribution in [0.2, 0.25) is 0 Å². The van der Waals surface area contributed by atoms with E-state index in [-0.39, 0.29) is 11.2 Å². The Hall–Kier alpha value is -2.60. The molecule has 26 heavy (non-hydrogen) atoms. The highest BCUT2D eigenvalue weighted by molar-refractivity contribution is 9.10. The molecule has 2 aromatic carbocycles. The predicted molar refractivity (Wildman–Crippen MR) is 107 cm³/mol. The van der Waals surface area contributed by atoms with Crippen LogP contribution in [0.5, 0.6) is 5.75 Å². The molecule has 2 aliphatic rings. The Kier molecular flexibility index (Phi) is 4.07. The Morgan fingerprint density at radius 2 is 1.88 bits per heavy atom. The summed E-state index contributed by atoms with van der Waals surface area (Å²) in [7, 11) is 0. The van der Waals surface area contributed by atoms with Crippen LogP contribution in [0.3, 0.4) is 0 Å². The molecule has 4 rings (SSSR count). The van der Waals surface area contributed by atoms with Crippen molar-refractivity contribution in [1.82, 2.24) is 4.98 Å². The minimum atomic E-state index is -0.183. The Balaban J connectivity index is 2.08. The molecule has 0 atom stereocenters. The highest BCUT2D eigenvalue weighted by Crippen LogP contribution is 2.37. The van der Waals surface area contributed by atoms with Gasteiger partial charge in [0.25, 0.3) is 0 Å². The van der Waals surface area contributed by atoms with Crippen LogP contribution in [0, 0.1) is 0 Å². The molecule has 0 saturated carbocycles. The van der Waals surface area contributed by atoms with Gasteiger partial charge in [0.05, 0.1) is 0 Å². The molecule has 1 aliphatic heterocycles. The molecule has 5 nitrogen and oxygen atoms in total. The van der Waals surface area contributed by atoms with Crippen molar-refractivity contribution in [3.8, 4) is 17.2 Å². The van der Waals surface area contributed by atoms with Gasteiger partial charge in [-0.25, -0.2) is 4.98 Å². The minimum absolute atomic E-state index is 0.0827. The van der Waals surface area contributed by atoms with E-state index in [2.05, 4.69) is 34.7 Å². The first kappa shape index (κ1) is 16.8. The lowest BCUT2D eigenvalue weighted by Crippen LogP contribution is -2.21. The van der Waals surface area contributed by atoms with Crippen LogP contribution in [0.25, 0.3) is 33.3 Å². The number of benzene rings is 3. The summed E-state index contributed by atoms with van der Waals surface area (Å²) in [5, 5.41) is 10.9. The first-order valence-electron chi connectivity index (χ1n) is 8.47. The van der Waals surface area contributed by atoms with E-state index in [1.807, 2.05) is 18.2 Å². The van der Waals surface area contributed by atoms with Crippen LogP contribution in [-0.4, -0.2) is 23.2 Å². The highest BCUT2D eigenvalue weighted by Gasteiger charge is 2.21. The first-order valence-corrected chi connectivity index (χ1v) is 9.26. The highest BCUT2D eigenvalue weighted by atomic mass is 79.9. The summed E-state index contributed by atoms with van der Waals surface area (Å²) in [5.74, 6) is 0.469. The van der Waals surface area contributed by atoms with Crippen molar-refractivity contribution in [1.29, 1.82) is 0 Å². The van der Waals surface area contributed by atoms with Gasteiger partial charge in [0, 0.05) is 35.6 Å². The van der Waals surface area contributed by atoms with Crippen molar-refractivity contribution >= 4 is 43.5 Å². The molecule has 0 saturated heterocycles. The molecule has 0 aromatic heterocycles. The Morgan fingerprint density at radius 1 is 1.12 bits per heavy atom. The summed E-state index contributed by atoms with van der Waals surface area (Å²) < 4.78 is 6.41. The third kappa shape index (κ3) is 2.52. The van der Waals surface area contributed by atoms with E-state index in [9.17, 15) is 9.90 Å². The second kappa shape index (κ2) is 6.29. The third-order valence-corrected chi connectivity index (χ3v) is 5.35. The number of halogens is 1. The fraction of sp³-hybridized carbons (Fsp3) is 0.200. The van der Waals surface area contributed by atoms with Crippen molar-refractivity contribution in [3.63, 3.8) is 0 Å². The number of hydrogen-bond acceptors (Lipinski definition) is 5. The van der Waals surface area contributed by atoms with Gasteiger partial charge in [-0.3, -0.25) is 4.79 Å². The van der Waals surface area contributed by atoms with E-state index in [1.54, 1.807) is 12.1 Å². The molecule has 2 aromatic rings. The number of fused-ring (bicyclic) bond motifs is 4. The number of aromatic nitrogens is 1. The van der Waals surface area contributed by atoms with Gasteiger partial charge in [0.15, 0.2) is 11.3 Å². The number of rotatable bonds is 3. The van der Waals surface area contributed by atoms with Gasteiger partial charge in [0.2, 0.25) is 5.43 Å². The van der Waals surface area contributed by atoms with Crippen LogP contribution in [-0.2, 0) is 0 Å². The monoisotopic (exact) mass is 412 g/mol. The molecule has 132 valence electrons. The van der Waals surface area contributed by atoms with Crippen LogP contribution in [0.1, 0.15) is 13.8 Å². The summed E-state index contributed by atoms with van der Waals surface area (Å²) in [6.07, 6.45) is 0. The second-order valence-corrected chi connectivity index (χ2v) is 6.88. The molecule has 0 radical (unpaired) electrons.